The van der Waals surface area contributed by atoms with Crippen molar-refractivity contribution in [3.63, 3.8) is 0 Å². The highest BCUT2D eigenvalue weighted by atomic mass is 16.5. The Hall–Kier alpha value is -1.01. The predicted molar refractivity (Wildman–Crippen MR) is 43.0 cm³/mol. The summed E-state index contributed by atoms with van der Waals surface area (Å²) in [6, 6.07) is 0. The van der Waals surface area contributed by atoms with Crippen molar-refractivity contribution in [1.29, 1.82) is 0 Å². The van der Waals surface area contributed by atoms with Crippen LogP contribution in [0.5, 0.6) is 0 Å². The fourth-order valence-electron chi connectivity index (χ4n) is 0.584. The van der Waals surface area contributed by atoms with Gasteiger partial charge in [-0.25, -0.2) is 0 Å². The highest BCUT2D eigenvalue weighted by molar-refractivity contribution is 5.69. The van der Waals surface area contributed by atoms with E-state index in [9.17, 15) is 4.79 Å². The molecule has 0 saturated carbocycles. The molecule has 3 nitrogen and oxygen atoms in total. The molecular weight excluding hydrogens is 142 g/mol. The number of carbonyl (C=O) groups excluding carboxylic acids is 1. The number of terminal acetylenes is 1. The summed E-state index contributed by atoms with van der Waals surface area (Å²) >= 11 is 0. The van der Waals surface area contributed by atoms with Gasteiger partial charge in [0.2, 0.25) is 0 Å². The van der Waals surface area contributed by atoms with Gasteiger partial charge in [0.15, 0.2) is 0 Å². The molecule has 0 spiro atoms. The molecule has 0 aliphatic heterocycles. The van der Waals surface area contributed by atoms with Crippen LogP contribution in [-0.4, -0.2) is 25.7 Å². The van der Waals surface area contributed by atoms with Crippen molar-refractivity contribution < 1.29 is 9.53 Å². The highest BCUT2D eigenvalue weighted by Gasteiger charge is 1.98. The lowest BCUT2D eigenvalue weighted by atomic mass is 10.4. The number of hydrogen-bond donors (Lipinski definition) is 1. The zero-order chi connectivity index (χ0) is 8.53. The van der Waals surface area contributed by atoms with E-state index in [4.69, 9.17) is 11.2 Å². The van der Waals surface area contributed by atoms with E-state index in [2.05, 4.69) is 11.2 Å². The number of hydrogen-bond acceptors (Lipinski definition) is 3. The van der Waals surface area contributed by atoms with Gasteiger partial charge < -0.3 is 10.1 Å². The van der Waals surface area contributed by atoms with Crippen LogP contribution >= 0.6 is 0 Å². The first-order valence-electron chi connectivity index (χ1n) is 3.61. The smallest absolute Gasteiger partial charge is 0.307 e. The van der Waals surface area contributed by atoms with Gasteiger partial charge in [-0.2, -0.15) is 0 Å². The van der Waals surface area contributed by atoms with Crippen LogP contribution < -0.4 is 5.32 Å². The predicted octanol–water partition coefficient (Wildman–Crippen LogP) is 0.162. The molecule has 11 heavy (non-hydrogen) atoms. The summed E-state index contributed by atoms with van der Waals surface area (Å²) in [5.41, 5.74) is 0. The van der Waals surface area contributed by atoms with Gasteiger partial charge in [-0.3, -0.25) is 4.79 Å². The van der Waals surface area contributed by atoms with Gasteiger partial charge in [0.25, 0.3) is 0 Å². The Balaban J connectivity index is 3.12. The van der Waals surface area contributed by atoms with Crippen molar-refractivity contribution in [3.8, 4) is 12.3 Å². The molecule has 1 N–H and O–H groups in total. The summed E-state index contributed by atoms with van der Waals surface area (Å²) in [6.45, 7) is 3.31. The minimum Gasteiger partial charge on any atom is -0.466 e. The summed E-state index contributed by atoms with van der Waals surface area (Å²) in [5, 5.41) is 2.89. The van der Waals surface area contributed by atoms with E-state index in [-0.39, 0.29) is 5.97 Å². The molecule has 0 amide bonds. The van der Waals surface area contributed by atoms with Gasteiger partial charge in [0, 0.05) is 6.54 Å². The Morgan fingerprint density at radius 1 is 1.73 bits per heavy atom. The molecule has 0 aromatic carbocycles. The van der Waals surface area contributed by atoms with Crippen LogP contribution in [0.15, 0.2) is 0 Å². The van der Waals surface area contributed by atoms with E-state index >= 15 is 0 Å². The summed E-state index contributed by atoms with van der Waals surface area (Å²) in [6.07, 6.45) is 5.36. The lowest BCUT2D eigenvalue weighted by molar-refractivity contribution is -0.142. The maximum Gasteiger partial charge on any atom is 0.307 e. The van der Waals surface area contributed by atoms with Crippen LogP contribution in [-0.2, 0) is 9.53 Å². The number of ether oxygens (including phenoxy) is 1. The van der Waals surface area contributed by atoms with E-state index in [1.165, 1.54) is 0 Å². The van der Waals surface area contributed by atoms with Crippen molar-refractivity contribution >= 4 is 5.97 Å². The Labute approximate surface area is 67.1 Å². The average molecular weight is 155 g/mol. The van der Waals surface area contributed by atoms with Crippen molar-refractivity contribution in [1.82, 2.24) is 5.32 Å². The zero-order valence-electron chi connectivity index (χ0n) is 6.72. The second kappa shape index (κ2) is 7.10. The molecule has 0 fully saturated rings. The molecule has 0 aromatic rings. The van der Waals surface area contributed by atoms with Crippen LogP contribution in [0.1, 0.15) is 13.3 Å². The van der Waals surface area contributed by atoms with Crippen molar-refractivity contribution in [2.45, 2.75) is 13.3 Å². The fourth-order valence-corrected chi connectivity index (χ4v) is 0.584. The number of rotatable bonds is 5. The van der Waals surface area contributed by atoms with E-state index in [1.54, 1.807) is 6.92 Å². The van der Waals surface area contributed by atoms with Gasteiger partial charge in [0.1, 0.15) is 0 Å². The largest absolute Gasteiger partial charge is 0.466 e. The van der Waals surface area contributed by atoms with Crippen LogP contribution in [0.3, 0.4) is 0 Å². The Morgan fingerprint density at radius 3 is 3.00 bits per heavy atom. The molecule has 3 heteroatoms. The van der Waals surface area contributed by atoms with Gasteiger partial charge in [-0.05, 0) is 6.92 Å². The lowest BCUT2D eigenvalue weighted by Gasteiger charge is -2.00. The van der Waals surface area contributed by atoms with Gasteiger partial charge in [-0.15, -0.1) is 6.42 Å². The quantitative estimate of drug-likeness (QED) is 0.349. The third-order valence-electron chi connectivity index (χ3n) is 1.04. The standard InChI is InChI=1S/C8H13NO2/c1-3-6-9-7-5-8(10)11-4-2/h1,9H,4-7H2,2H3. The first kappa shape index (κ1) is 9.99. The molecule has 0 aliphatic carbocycles. The van der Waals surface area contributed by atoms with Crippen molar-refractivity contribution in [3.05, 3.63) is 0 Å². The summed E-state index contributed by atoms with van der Waals surface area (Å²) in [4.78, 5) is 10.7. The lowest BCUT2D eigenvalue weighted by Crippen LogP contribution is -2.19. The molecule has 0 aliphatic rings. The maximum atomic E-state index is 10.7. The SMILES string of the molecule is C#CCNCCC(=O)OCC. The molecule has 62 valence electrons. The van der Waals surface area contributed by atoms with E-state index in [0.717, 1.165) is 0 Å². The molecule has 0 aromatic heterocycles. The van der Waals surface area contributed by atoms with E-state index in [1.807, 2.05) is 0 Å². The highest BCUT2D eigenvalue weighted by Crippen LogP contribution is 1.82. The topological polar surface area (TPSA) is 38.3 Å². The van der Waals surface area contributed by atoms with Crippen molar-refractivity contribution in [2.75, 3.05) is 19.7 Å². The molecular formula is C8H13NO2. The first-order valence-corrected chi connectivity index (χ1v) is 3.61. The van der Waals surface area contributed by atoms with Crippen LogP contribution in [0, 0.1) is 12.3 Å². The summed E-state index contributed by atoms with van der Waals surface area (Å²) in [5.74, 6) is 2.23. The summed E-state index contributed by atoms with van der Waals surface area (Å²) < 4.78 is 4.69. The fraction of sp³-hybridized carbons (Fsp3) is 0.625. The molecule has 0 bridgehead atoms. The van der Waals surface area contributed by atoms with Gasteiger partial charge in [-0.1, -0.05) is 5.92 Å². The van der Waals surface area contributed by atoms with Crippen LogP contribution in [0.2, 0.25) is 0 Å². The third-order valence-corrected chi connectivity index (χ3v) is 1.04. The summed E-state index contributed by atoms with van der Waals surface area (Å²) in [7, 11) is 0. The van der Waals surface area contributed by atoms with Gasteiger partial charge >= 0.3 is 5.97 Å². The van der Waals surface area contributed by atoms with Crippen molar-refractivity contribution in [2.24, 2.45) is 0 Å². The number of esters is 1. The molecule has 0 unspecified atom stereocenters. The molecule has 0 atom stereocenters. The normalized spacial score (nSPS) is 8.73. The molecule has 0 saturated heterocycles. The van der Waals surface area contributed by atoms with E-state index in [0.29, 0.717) is 26.1 Å². The minimum atomic E-state index is -0.183. The minimum absolute atomic E-state index is 0.183. The Bertz CT molecular complexity index is 149. The Morgan fingerprint density at radius 2 is 2.45 bits per heavy atom. The molecule has 0 radical (unpaired) electrons. The van der Waals surface area contributed by atoms with Crippen LogP contribution in [0.25, 0.3) is 0 Å². The number of carbonyl (C=O) groups is 1. The van der Waals surface area contributed by atoms with E-state index < -0.39 is 0 Å². The maximum absolute atomic E-state index is 10.7. The average Bonchev–Trinajstić information content (AvgIpc) is 1.99. The third kappa shape index (κ3) is 6.88. The molecule has 0 heterocycles. The number of nitrogens with one attached hydrogen (secondary N) is 1. The zero-order valence-corrected chi connectivity index (χ0v) is 6.72. The Kier molecular flexibility index (Phi) is 6.45. The van der Waals surface area contributed by atoms with Gasteiger partial charge in [0.05, 0.1) is 19.6 Å². The monoisotopic (exact) mass is 155 g/mol. The first-order chi connectivity index (χ1) is 5.31. The van der Waals surface area contributed by atoms with Crippen LogP contribution in [0.4, 0.5) is 0 Å². The molecule has 0 rings (SSSR count). The second-order valence-corrected chi connectivity index (χ2v) is 1.94. The second-order valence-electron chi connectivity index (χ2n) is 1.94.